The van der Waals surface area contributed by atoms with Gasteiger partial charge in [-0.25, -0.2) is 4.98 Å². The fourth-order valence-electron chi connectivity index (χ4n) is 5.46. The number of amides is 1. The van der Waals surface area contributed by atoms with Gasteiger partial charge in [0.1, 0.15) is 11.4 Å². The summed E-state index contributed by atoms with van der Waals surface area (Å²) in [6, 6.07) is 19.6. The second-order valence-electron chi connectivity index (χ2n) is 10.8. The van der Waals surface area contributed by atoms with Crippen molar-refractivity contribution >= 4 is 51.2 Å². The molecule has 3 heterocycles. The van der Waals surface area contributed by atoms with Gasteiger partial charge in [0.05, 0.1) is 29.0 Å². The highest BCUT2D eigenvalue weighted by Crippen LogP contribution is 2.36. The lowest BCUT2D eigenvalue weighted by molar-refractivity contribution is -0.274. The Hall–Kier alpha value is -4.64. The predicted octanol–water partition coefficient (Wildman–Crippen LogP) is 8.26. The van der Waals surface area contributed by atoms with Crippen LogP contribution in [0.15, 0.2) is 83.1 Å². The molecule has 11 heteroatoms. The molecule has 5 aromatic rings. The summed E-state index contributed by atoms with van der Waals surface area (Å²) in [5.74, 6) is 0.253. The average molecular weight is 616 g/mol. The van der Waals surface area contributed by atoms with E-state index in [0.717, 1.165) is 55.7 Å². The quantitative estimate of drug-likeness (QED) is 0.142. The minimum Gasteiger partial charge on any atom is -0.406 e. The normalized spacial score (nSPS) is 15.1. The van der Waals surface area contributed by atoms with Crippen LogP contribution in [-0.4, -0.2) is 38.8 Å². The Morgan fingerprint density at radius 2 is 1.82 bits per heavy atom. The molecule has 0 aliphatic carbocycles. The number of nitrogens with zero attached hydrogens (tertiary/aromatic N) is 5. The number of hydrogen-bond acceptors (Lipinski definition) is 6. The summed E-state index contributed by atoms with van der Waals surface area (Å²) in [6.45, 7) is 8.07. The van der Waals surface area contributed by atoms with Crippen molar-refractivity contribution in [1.82, 2.24) is 9.38 Å². The monoisotopic (exact) mass is 615 g/mol. The summed E-state index contributed by atoms with van der Waals surface area (Å²) in [7, 11) is 0. The second kappa shape index (κ2) is 11.5. The Balaban J connectivity index is 1.29. The molecule has 0 saturated carbocycles. The fourth-order valence-corrected chi connectivity index (χ4v) is 6.26. The lowest BCUT2D eigenvalue weighted by atomic mass is 9.97. The van der Waals surface area contributed by atoms with Gasteiger partial charge in [-0.3, -0.25) is 14.1 Å². The van der Waals surface area contributed by atoms with Crippen molar-refractivity contribution < 1.29 is 22.7 Å². The minimum absolute atomic E-state index is 0.0187. The molecular weight excluding hydrogens is 587 g/mol. The van der Waals surface area contributed by atoms with Gasteiger partial charge in [-0.1, -0.05) is 49.9 Å². The first-order valence-corrected chi connectivity index (χ1v) is 14.9. The number of rotatable bonds is 6. The third kappa shape index (κ3) is 5.67. The third-order valence-corrected chi connectivity index (χ3v) is 8.31. The number of halogens is 3. The van der Waals surface area contributed by atoms with E-state index >= 15 is 0 Å². The smallest absolute Gasteiger partial charge is 0.406 e. The van der Waals surface area contributed by atoms with Gasteiger partial charge in [0.15, 0.2) is 5.17 Å². The zero-order chi connectivity index (χ0) is 31.2. The molecule has 0 unspecified atom stereocenters. The number of pyridine rings is 1. The molecule has 0 radical (unpaired) electrons. The van der Waals surface area contributed by atoms with Gasteiger partial charge in [-0.05, 0) is 84.3 Å². The van der Waals surface area contributed by atoms with Gasteiger partial charge in [0.25, 0.3) is 0 Å². The Kier molecular flexibility index (Phi) is 7.66. The van der Waals surface area contributed by atoms with Crippen LogP contribution in [-0.2, 0) is 4.79 Å². The molecule has 1 aliphatic heterocycles. The predicted molar refractivity (Wildman–Crippen MR) is 170 cm³/mol. The zero-order valence-electron chi connectivity index (χ0n) is 24.4. The molecule has 2 aromatic heterocycles. The number of aromatic nitrogens is 2. The highest BCUT2D eigenvalue weighted by Gasteiger charge is 2.33. The van der Waals surface area contributed by atoms with Gasteiger partial charge in [0.2, 0.25) is 5.91 Å². The van der Waals surface area contributed by atoms with Gasteiger partial charge in [-0.15, -0.1) is 18.3 Å². The number of benzene rings is 3. The van der Waals surface area contributed by atoms with E-state index in [0.29, 0.717) is 10.9 Å². The van der Waals surface area contributed by atoms with Crippen molar-refractivity contribution in [2.24, 2.45) is 10.2 Å². The number of fused-ring (bicyclic) bond motifs is 3. The van der Waals surface area contributed by atoms with E-state index in [4.69, 9.17) is 4.98 Å². The van der Waals surface area contributed by atoms with E-state index in [2.05, 4.69) is 28.8 Å². The summed E-state index contributed by atoms with van der Waals surface area (Å²) in [6.07, 6.45) is -1.20. The van der Waals surface area contributed by atoms with Crippen LogP contribution in [0.3, 0.4) is 0 Å². The molecule has 1 fully saturated rings. The van der Waals surface area contributed by atoms with Crippen LogP contribution in [0.5, 0.6) is 5.75 Å². The topological polar surface area (TPSA) is 71.6 Å². The largest absolute Gasteiger partial charge is 0.573 e. The highest BCUT2D eigenvalue weighted by molar-refractivity contribution is 8.15. The second-order valence-corrected chi connectivity index (χ2v) is 11.7. The maximum absolute atomic E-state index is 12.9. The summed E-state index contributed by atoms with van der Waals surface area (Å²) >= 11 is 1.37. The Bertz CT molecular complexity index is 1960. The van der Waals surface area contributed by atoms with E-state index in [1.54, 1.807) is 23.2 Å². The Morgan fingerprint density at radius 3 is 2.55 bits per heavy atom. The van der Waals surface area contributed by atoms with Gasteiger partial charge < -0.3 is 4.74 Å². The van der Waals surface area contributed by atoms with E-state index in [1.165, 1.54) is 23.9 Å². The lowest BCUT2D eigenvalue weighted by Crippen LogP contribution is -2.31. The summed E-state index contributed by atoms with van der Waals surface area (Å²) in [4.78, 5) is 19.3. The molecule has 0 bridgehead atoms. The van der Waals surface area contributed by atoms with Gasteiger partial charge in [-0.2, -0.15) is 5.10 Å². The standard InChI is InChI=1S/C33H28F3N5O2S/c1-19(2)26-7-5-6-20(3)29(26)41-28(42)18-44-32(41)39-37-17-22-8-13-27-24(16-22)14-15-40-30(21(4)38-31(27)40)23-9-11-25(12-10-23)43-33(34,35)36/h5-17,19H,18H2,1-4H3. The number of aryl methyl sites for hydroxylation is 2. The first kappa shape index (κ1) is 29.4. The van der Waals surface area contributed by atoms with Crippen LogP contribution in [0.1, 0.15) is 42.1 Å². The summed E-state index contributed by atoms with van der Waals surface area (Å²) in [5, 5.41) is 11.2. The minimum atomic E-state index is -4.75. The van der Waals surface area contributed by atoms with E-state index in [1.807, 2.05) is 66.9 Å². The van der Waals surface area contributed by atoms with Crippen LogP contribution in [0, 0.1) is 13.8 Å². The number of para-hydroxylation sites is 1. The number of hydrogen-bond donors (Lipinski definition) is 0. The molecule has 44 heavy (non-hydrogen) atoms. The number of anilines is 1. The number of ether oxygens (including phenoxy) is 1. The highest BCUT2D eigenvalue weighted by atomic mass is 32.2. The Morgan fingerprint density at radius 1 is 1.05 bits per heavy atom. The van der Waals surface area contributed by atoms with E-state index in [-0.39, 0.29) is 17.6 Å². The SMILES string of the molecule is Cc1cccc(C(C)C)c1N1C(=O)CSC1=NN=Cc1ccc2c(ccn3c(-c4ccc(OC(F)(F)F)cc4)c(C)nc23)c1. The lowest BCUT2D eigenvalue weighted by Gasteiger charge is -2.23. The van der Waals surface area contributed by atoms with Crippen LogP contribution >= 0.6 is 11.8 Å². The van der Waals surface area contributed by atoms with Crippen molar-refractivity contribution in [3.8, 4) is 17.0 Å². The van der Waals surface area contributed by atoms with Crippen molar-refractivity contribution in [3.63, 3.8) is 0 Å². The van der Waals surface area contributed by atoms with Crippen LogP contribution in [0.4, 0.5) is 18.9 Å². The van der Waals surface area contributed by atoms with Gasteiger partial charge in [0, 0.05) is 17.1 Å². The molecule has 1 saturated heterocycles. The van der Waals surface area contributed by atoms with Crippen molar-refractivity contribution in [1.29, 1.82) is 0 Å². The van der Waals surface area contributed by atoms with E-state index in [9.17, 15) is 18.0 Å². The van der Waals surface area contributed by atoms with Gasteiger partial charge >= 0.3 is 6.36 Å². The number of imidazole rings is 1. The maximum Gasteiger partial charge on any atom is 0.573 e. The molecule has 0 spiro atoms. The average Bonchev–Trinajstić information content (AvgIpc) is 3.50. The number of carbonyl (C=O) groups excluding carboxylic acids is 1. The van der Waals surface area contributed by atoms with Crippen LogP contribution < -0.4 is 9.64 Å². The van der Waals surface area contributed by atoms with E-state index < -0.39 is 6.36 Å². The molecule has 224 valence electrons. The zero-order valence-corrected chi connectivity index (χ0v) is 25.2. The Labute approximate surface area is 256 Å². The molecule has 0 atom stereocenters. The fraction of sp³-hybridized carbons (Fsp3) is 0.212. The first-order chi connectivity index (χ1) is 21.0. The maximum atomic E-state index is 12.9. The first-order valence-electron chi connectivity index (χ1n) is 13.9. The summed E-state index contributed by atoms with van der Waals surface area (Å²) in [5.41, 5.74) is 6.77. The van der Waals surface area contributed by atoms with Crippen molar-refractivity contribution in [2.75, 3.05) is 10.7 Å². The number of thioether (sulfide) groups is 1. The molecule has 7 nitrogen and oxygen atoms in total. The molecule has 1 aliphatic rings. The van der Waals surface area contributed by atoms with Crippen LogP contribution in [0.2, 0.25) is 0 Å². The van der Waals surface area contributed by atoms with Crippen LogP contribution in [0.25, 0.3) is 27.7 Å². The molecule has 0 N–H and O–H groups in total. The molecular formula is C33H28F3N5O2S. The summed E-state index contributed by atoms with van der Waals surface area (Å²) < 4.78 is 43.7. The van der Waals surface area contributed by atoms with Crippen molar-refractivity contribution in [3.05, 3.63) is 95.3 Å². The number of alkyl halides is 3. The number of amidine groups is 1. The molecule has 6 rings (SSSR count). The third-order valence-electron chi connectivity index (χ3n) is 7.40. The van der Waals surface area contributed by atoms with Crippen molar-refractivity contribution in [2.45, 2.75) is 40.0 Å². The molecule has 1 amide bonds. The number of carbonyl (C=O) groups is 1. The molecule has 3 aromatic carbocycles.